The second-order valence-corrected chi connectivity index (χ2v) is 5.69. The van der Waals surface area contributed by atoms with Gasteiger partial charge < -0.3 is 15.0 Å². The summed E-state index contributed by atoms with van der Waals surface area (Å²) >= 11 is 5.95. The highest BCUT2D eigenvalue weighted by molar-refractivity contribution is 6.29. The van der Waals surface area contributed by atoms with Crippen LogP contribution in [0.25, 0.3) is 0 Å². The molecule has 2 heterocycles. The van der Waals surface area contributed by atoms with Gasteiger partial charge in [0.05, 0.1) is 5.60 Å². The molecule has 0 saturated carbocycles. The van der Waals surface area contributed by atoms with Gasteiger partial charge in [0.2, 0.25) is 0 Å². The average Bonchev–Trinajstić information content (AvgIpc) is 2.45. The maximum Gasteiger partial charge on any atom is 0.254 e. The molecule has 1 unspecified atom stereocenters. The van der Waals surface area contributed by atoms with Gasteiger partial charge in [-0.15, -0.1) is 0 Å². The molecule has 1 fully saturated rings. The summed E-state index contributed by atoms with van der Waals surface area (Å²) in [6, 6.07) is 3.32. The first kappa shape index (κ1) is 15.1. The van der Waals surface area contributed by atoms with E-state index in [1.54, 1.807) is 26.3 Å². The highest BCUT2D eigenvalue weighted by Gasteiger charge is 2.33. The van der Waals surface area contributed by atoms with Crippen molar-refractivity contribution >= 4 is 23.3 Å². The first-order valence-electron chi connectivity index (χ1n) is 6.67. The summed E-state index contributed by atoms with van der Waals surface area (Å²) in [5, 5.41) is 3.21. The third-order valence-electron chi connectivity index (χ3n) is 3.74. The van der Waals surface area contributed by atoms with Gasteiger partial charge in [0.25, 0.3) is 5.91 Å². The van der Waals surface area contributed by atoms with Crippen LogP contribution in [0.2, 0.25) is 5.15 Å². The molecule has 0 aromatic carbocycles. The minimum atomic E-state index is -0.267. The SMILES string of the molecule is CNc1cc(C(=O)N2CCCC(C)(OC)C2)cc(Cl)n1. The summed E-state index contributed by atoms with van der Waals surface area (Å²) in [5.41, 5.74) is 0.283. The molecule has 6 heteroatoms. The van der Waals surface area contributed by atoms with Gasteiger partial charge in [-0.05, 0) is 31.9 Å². The van der Waals surface area contributed by atoms with E-state index < -0.39 is 0 Å². The van der Waals surface area contributed by atoms with Crippen molar-refractivity contribution in [2.75, 3.05) is 32.6 Å². The zero-order valence-corrected chi connectivity index (χ0v) is 12.8. The first-order valence-corrected chi connectivity index (χ1v) is 7.05. The van der Waals surface area contributed by atoms with Crippen LogP contribution in [-0.2, 0) is 4.74 Å². The fraction of sp³-hybridized carbons (Fsp3) is 0.571. The lowest BCUT2D eigenvalue weighted by Crippen LogP contribution is -2.49. The lowest BCUT2D eigenvalue weighted by Gasteiger charge is -2.39. The second-order valence-electron chi connectivity index (χ2n) is 5.30. The molecule has 1 amide bonds. The van der Waals surface area contributed by atoms with Crippen molar-refractivity contribution in [1.29, 1.82) is 0 Å². The van der Waals surface area contributed by atoms with Gasteiger partial charge in [0.1, 0.15) is 11.0 Å². The summed E-state index contributed by atoms with van der Waals surface area (Å²) in [6.07, 6.45) is 1.90. The number of nitrogens with zero attached hydrogens (tertiary/aromatic N) is 2. The number of pyridine rings is 1. The molecule has 0 spiro atoms. The van der Waals surface area contributed by atoms with Crippen molar-refractivity contribution < 1.29 is 9.53 Å². The van der Waals surface area contributed by atoms with Gasteiger partial charge in [-0.2, -0.15) is 0 Å². The zero-order chi connectivity index (χ0) is 14.8. The molecule has 0 aliphatic carbocycles. The quantitative estimate of drug-likeness (QED) is 0.871. The highest BCUT2D eigenvalue weighted by Crippen LogP contribution is 2.25. The minimum Gasteiger partial charge on any atom is -0.377 e. The van der Waals surface area contributed by atoms with Crippen LogP contribution in [0.1, 0.15) is 30.1 Å². The number of carbonyl (C=O) groups is 1. The van der Waals surface area contributed by atoms with E-state index in [1.165, 1.54) is 0 Å². The summed E-state index contributed by atoms with van der Waals surface area (Å²) in [6.45, 7) is 3.37. The summed E-state index contributed by atoms with van der Waals surface area (Å²) in [4.78, 5) is 18.5. The minimum absolute atomic E-state index is 0.0335. The summed E-state index contributed by atoms with van der Waals surface area (Å²) in [7, 11) is 3.44. The monoisotopic (exact) mass is 297 g/mol. The third kappa shape index (κ3) is 3.22. The number of piperidine rings is 1. The van der Waals surface area contributed by atoms with Crippen molar-refractivity contribution in [2.45, 2.75) is 25.4 Å². The Balaban J connectivity index is 2.20. The predicted octanol–water partition coefficient (Wildman–Crippen LogP) is 2.42. The van der Waals surface area contributed by atoms with Crippen LogP contribution in [-0.4, -0.2) is 48.6 Å². The van der Waals surface area contributed by atoms with Crippen molar-refractivity contribution in [3.63, 3.8) is 0 Å². The van der Waals surface area contributed by atoms with Gasteiger partial charge >= 0.3 is 0 Å². The normalized spacial score (nSPS) is 22.7. The standard InChI is InChI=1S/C14H20ClN3O2/c1-14(20-3)5-4-6-18(9-14)13(19)10-7-11(15)17-12(8-10)16-2/h7-8H,4-6,9H2,1-3H3,(H,16,17). The molecule has 1 aliphatic heterocycles. The second kappa shape index (κ2) is 5.97. The van der Waals surface area contributed by atoms with Gasteiger partial charge in [0, 0.05) is 32.8 Å². The van der Waals surface area contributed by atoms with E-state index in [2.05, 4.69) is 10.3 Å². The highest BCUT2D eigenvalue weighted by atomic mass is 35.5. The van der Waals surface area contributed by atoms with E-state index >= 15 is 0 Å². The van der Waals surface area contributed by atoms with Gasteiger partial charge in [-0.1, -0.05) is 11.6 Å². The van der Waals surface area contributed by atoms with Crippen molar-refractivity contribution in [2.24, 2.45) is 0 Å². The largest absolute Gasteiger partial charge is 0.377 e. The average molecular weight is 298 g/mol. The number of ether oxygens (including phenoxy) is 1. The molecule has 1 aromatic heterocycles. The van der Waals surface area contributed by atoms with Gasteiger partial charge in [-0.25, -0.2) is 4.98 Å². The molecular weight excluding hydrogens is 278 g/mol. The van der Waals surface area contributed by atoms with E-state index in [-0.39, 0.29) is 11.5 Å². The third-order valence-corrected chi connectivity index (χ3v) is 3.93. The molecule has 0 bridgehead atoms. The molecule has 1 aromatic rings. The zero-order valence-electron chi connectivity index (χ0n) is 12.1. The molecule has 0 radical (unpaired) electrons. The number of hydrogen-bond donors (Lipinski definition) is 1. The van der Waals surface area contributed by atoms with E-state index in [4.69, 9.17) is 16.3 Å². The molecule has 20 heavy (non-hydrogen) atoms. The smallest absolute Gasteiger partial charge is 0.254 e. The van der Waals surface area contributed by atoms with Crippen LogP contribution in [0.3, 0.4) is 0 Å². The maximum absolute atomic E-state index is 12.6. The van der Waals surface area contributed by atoms with E-state index in [9.17, 15) is 4.79 Å². The van der Waals surface area contributed by atoms with Crippen LogP contribution >= 0.6 is 11.6 Å². The number of anilines is 1. The molecule has 1 atom stereocenters. The number of halogens is 1. The Morgan fingerprint density at radius 1 is 1.55 bits per heavy atom. The first-order chi connectivity index (χ1) is 9.47. The van der Waals surface area contributed by atoms with E-state index in [0.29, 0.717) is 23.1 Å². The van der Waals surface area contributed by atoms with E-state index in [1.807, 2.05) is 11.8 Å². The molecule has 5 nitrogen and oxygen atoms in total. The number of aromatic nitrogens is 1. The number of rotatable bonds is 3. The maximum atomic E-state index is 12.6. The van der Waals surface area contributed by atoms with Crippen LogP contribution in [0.4, 0.5) is 5.82 Å². The molecule has 1 saturated heterocycles. The molecule has 2 rings (SSSR count). The van der Waals surface area contributed by atoms with Gasteiger partial charge in [0.15, 0.2) is 0 Å². The molecule has 110 valence electrons. The van der Waals surface area contributed by atoms with Crippen molar-refractivity contribution in [3.05, 3.63) is 22.8 Å². The van der Waals surface area contributed by atoms with Crippen LogP contribution in [0.15, 0.2) is 12.1 Å². The lowest BCUT2D eigenvalue weighted by atomic mass is 9.94. The Kier molecular flexibility index (Phi) is 4.50. The number of nitrogens with one attached hydrogen (secondary N) is 1. The summed E-state index contributed by atoms with van der Waals surface area (Å²) < 4.78 is 5.52. The van der Waals surface area contributed by atoms with Crippen molar-refractivity contribution in [3.8, 4) is 0 Å². The summed E-state index contributed by atoms with van der Waals surface area (Å²) in [5.74, 6) is 0.557. The van der Waals surface area contributed by atoms with Crippen LogP contribution in [0.5, 0.6) is 0 Å². The fourth-order valence-electron chi connectivity index (χ4n) is 2.48. The Hall–Kier alpha value is -1.33. The molecule has 1 N–H and O–H groups in total. The Morgan fingerprint density at radius 3 is 2.95 bits per heavy atom. The number of hydrogen-bond acceptors (Lipinski definition) is 4. The molecular formula is C14H20ClN3O2. The number of methoxy groups -OCH3 is 1. The molecule has 1 aliphatic rings. The number of amides is 1. The lowest BCUT2D eigenvalue weighted by molar-refractivity contribution is -0.0440. The Bertz CT molecular complexity index is 509. The van der Waals surface area contributed by atoms with Crippen LogP contribution < -0.4 is 5.32 Å². The number of likely N-dealkylation sites (tertiary alicyclic amines) is 1. The Morgan fingerprint density at radius 2 is 2.30 bits per heavy atom. The topological polar surface area (TPSA) is 54.5 Å². The van der Waals surface area contributed by atoms with Crippen molar-refractivity contribution in [1.82, 2.24) is 9.88 Å². The number of carbonyl (C=O) groups excluding carboxylic acids is 1. The fourth-order valence-corrected chi connectivity index (χ4v) is 2.69. The van der Waals surface area contributed by atoms with E-state index in [0.717, 1.165) is 19.4 Å². The predicted molar refractivity (Wildman–Crippen MR) is 79.3 cm³/mol. The van der Waals surface area contributed by atoms with Gasteiger partial charge in [-0.3, -0.25) is 4.79 Å². The van der Waals surface area contributed by atoms with Crippen LogP contribution in [0, 0.1) is 0 Å². The Labute approximate surface area is 124 Å².